The fourth-order valence-corrected chi connectivity index (χ4v) is 7.68. The van der Waals surface area contributed by atoms with E-state index in [1.807, 2.05) is 59.7 Å². The van der Waals surface area contributed by atoms with Crippen LogP contribution in [0.3, 0.4) is 0 Å². The first kappa shape index (κ1) is 32.2. The van der Waals surface area contributed by atoms with Gasteiger partial charge in [0.15, 0.2) is 12.3 Å². The minimum absolute atomic E-state index is 0.110. The van der Waals surface area contributed by atoms with E-state index < -0.39 is 42.7 Å². The molecule has 1 heterocycles. The van der Waals surface area contributed by atoms with Crippen molar-refractivity contribution in [1.82, 2.24) is 4.57 Å². The number of ether oxygens (including phenoxy) is 1. The zero-order valence-corrected chi connectivity index (χ0v) is 27.3. The van der Waals surface area contributed by atoms with Gasteiger partial charge >= 0.3 is 7.82 Å². The standard InChI is InChI=1S/C33H38ClN2O7P/c1-31(2,3)33(32(4,5)6,43-44(39,40)41)36-17-26(24-12-10-20(15-27(24)36)19-7-8-19)28(37)18-42-29-16-21-9-11-23(34)13-22(21)14-25(29)30(35)38/h9-17,19H,7-8,18H2,1-6H3,(H2,35,38)(H2,39,40,41). The van der Waals surface area contributed by atoms with E-state index in [2.05, 4.69) is 0 Å². The predicted molar refractivity (Wildman–Crippen MR) is 171 cm³/mol. The summed E-state index contributed by atoms with van der Waals surface area (Å²) in [5.41, 5.74) is 4.47. The number of hydrogen-bond acceptors (Lipinski definition) is 5. The van der Waals surface area contributed by atoms with Crippen LogP contribution >= 0.6 is 19.4 Å². The Balaban J connectivity index is 1.64. The molecule has 4 aromatic rings. The lowest BCUT2D eigenvalue weighted by Gasteiger charge is -2.53. The Bertz CT molecular complexity index is 1830. The molecule has 9 nitrogen and oxygen atoms in total. The molecule has 0 spiro atoms. The molecule has 1 fully saturated rings. The Morgan fingerprint density at radius 1 is 0.955 bits per heavy atom. The first-order valence-corrected chi connectivity index (χ1v) is 16.3. The number of aromatic nitrogens is 1. The maximum Gasteiger partial charge on any atom is 0.471 e. The number of ketones is 1. The molecule has 1 aliphatic rings. The van der Waals surface area contributed by atoms with Crippen LogP contribution in [-0.4, -0.2) is 32.7 Å². The van der Waals surface area contributed by atoms with Gasteiger partial charge in [-0.2, -0.15) is 0 Å². The molecule has 3 aromatic carbocycles. The summed E-state index contributed by atoms with van der Waals surface area (Å²) in [7, 11) is -5.03. The summed E-state index contributed by atoms with van der Waals surface area (Å²) in [5.74, 6) is -0.564. The number of phosphoric acid groups is 1. The number of rotatable bonds is 9. The van der Waals surface area contributed by atoms with E-state index in [0.29, 0.717) is 32.8 Å². The lowest BCUT2D eigenvalue weighted by Crippen LogP contribution is -2.56. The van der Waals surface area contributed by atoms with E-state index in [9.17, 15) is 23.9 Å². The van der Waals surface area contributed by atoms with Crippen LogP contribution in [0, 0.1) is 10.8 Å². The smallest absolute Gasteiger partial charge is 0.471 e. The molecule has 11 heteroatoms. The van der Waals surface area contributed by atoms with Gasteiger partial charge in [-0.15, -0.1) is 0 Å². The molecule has 0 atom stereocenters. The quantitative estimate of drug-likeness (QED) is 0.127. The number of carbonyl (C=O) groups excluding carboxylic acids is 2. The molecule has 4 N–H and O–H groups in total. The second-order valence-corrected chi connectivity index (χ2v) is 15.2. The summed E-state index contributed by atoms with van der Waals surface area (Å²) < 4.78 is 26.0. The van der Waals surface area contributed by atoms with Gasteiger partial charge in [-0.1, -0.05) is 71.3 Å². The molecule has 1 aliphatic carbocycles. The van der Waals surface area contributed by atoms with E-state index in [4.69, 9.17) is 26.6 Å². The minimum atomic E-state index is -5.03. The highest BCUT2D eigenvalue weighted by Gasteiger charge is 2.57. The van der Waals surface area contributed by atoms with Crippen LogP contribution in [-0.2, 0) is 14.8 Å². The van der Waals surface area contributed by atoms with Gasteiger partial charge in [0, 0.05) is 33.0 Å². The second-order valence-electron chi connectivity index (χ2n) is 13.6. The molecule has 1 saturated carbocycles. The molecule has 1 aromatic heterocycles. The first-order chi connectivity index (χ1) is 20.3. The van der Waals surface area contributed by atoms with Crippen molar-refractivity contribution in [2.75, 3.05) is 6.61 Å². The van der Waals surface area contributed by atoms with E-state index in [0.717, 1.165) is 23.8 Å². The molecular formula is C33H38ClN2O7P. The normalized spacial score (nSPS) is 14.8. The van der Waals surface area contributed by atoms with Crippen LogP contribution in [0.1, 0.15) is 86.6 Å². The van der Waals surface area contributed by atoms with Gasteiger partial charge in [-0.3, -0.25) is 14.1 Å². The molecule has 0 bridgehead atoms. The average molecular weight is 641 g/mol. The SMILES string of the molecule is CC(C)(C)C(OP(=O)(O)O)(n1cc(C(=O)COc2cc3ccc(Cl)cc3cc2C(N)=O)c2ccc(C3CC3)cc21)C(C)(C)C. The highest BCUT2D eigenvalue weighted by Crippen LogP contribution is 2.59. The van der Waals surface area contributed by atoms with Crippen molar-refractivity contribution in [3.05, 3.63) is 76.4 Å². The highest BCUT2D eigenvalue weighted by molar-refractivity contribution is 7.46. The number of carbonyl (C=O) groups is 2. The Morgan fingerprint density at radius 3 is 2.18 bits per heavy atom. The summed E-state index contributed by atoms with van der Waals surface area (Å²) in [6.45, 7) is 10.7. The predicted octanol–water partition coefficient (Wildman–Crippen LogP) is 7.54. The molecular weight excluding hydrogens is 603 g/mol. The van der Waals surface area contributed by atoms with E-state index >= 15 is 0 Å². The third kappa shape index (κ3) is 5.92. The summed E-state index contributed by atoms with van der Waals surface area (Å²) in [5, 5.41) is 2.55. The molecule has 0 unspecified atom stereocenters. The van der Waals surface area contributed by atoms with Crippen LogP contribution in [0.2, 0.25) is 5.02 Å². The van der Waals surface area contributed by atoms with Gasteiger partial charge in [0.1, 0.15) is 5.75 Å². The summed E-state index contributed by atoms with van der Waals surface area (Å²) in [4.78, 5) is 46.6. The van der Waals surface area contributed by atoms with Gasteiger partial charge in [0.05, 0.1) is 11.1 Å². The summed E-state index contributed by atoms with van der Waals surface area (Å²) in [6, 6.07) is 14.3. The molecule has 0 radical (unpaired) electrons. The van der Waals surface area contributed by atoms with Crippen molar-refractivity contribution < 1.29 is 33.2 Å². The number of nitrogens with zero attached hydrogens (tertiary/aromatic N) is 1. The Kier molecular flexibility index (Phi) is 8.05. The van der Waals surface area contributed by atoms with Crippen molar-refractivity contribution in [3.63, 3.8) is 0 Å². The van der Waals surface area contributed by atoms with E-state index in [1.165, 1.54) is 0 Å². The molecule has 44 heavy (non-hydrogen) atoms. The topological polar surface area (TPSA) is 141 Å². The maximum absolute atomic E-state index is 13.9. The highest BCUT2D eigenvalue weighted by atomic mass is 35.5. The third-order valence-corrected chi connectivity index (χ3v) is 9.06. The number of primary amides is 1. The number of phosphoric ester groups is 1. The van der Waals surface area contributed by atoms with Crippen LogP contribution in [0.5, 0.6) is 5.75 Å². The number of Topliss-reactive ketones (excluding diaryl/α,β-unsaturated/α-hetero) is 1. The zero-order valence-electron chi connectivity index (χ0n) is 25.7. The van der Waals surface area contributed by atoms with Crippen molar-refractivity contribution in [1.29, 1.82) is 0 Å². The number of benzene rings is 3. The molecule has 5 rings (SSSR count). The van der Waals surface area contributed by atoms with Gasteiger partial charge in [0.25, 0.3) is 5.91 Å². The van der Waals surface area contributed by atoms with Crippen LogP contribution < -0.4 is 10.5 Å². The zero-order chi connectivity index (χ0) is 32.4. The van der Waals surface area contributed by atoms with E-state index in [-0.39, 0.29) is 11.3 Å². The lowest BCUT2D eigenvalue weighted by atomic mass is 9.68. The average Bonchev–Trinajstić information content (AvgIpc) is 3.68. The minimum Gasteiger partial charge on any atom is -0.485 e. The molecule has 234 valence electrons. The number of amides is 1. The van der Waals surface area contributed by atoms with Gasteiger partial charge in [0.2, 0.25) is 5.78 Å². The fraction of sp³-hybridized carbons (Fsp3) is 0.394. The van der Waals surface area contributed by atoms with Gasteiger partial charge in [-0.25, -0.2) is 4.57 Å². The fourth-order valence-electron chi connectivity index (χ4n) is 6.52. The Labute approximate surface area is 261 Å². The maximum atomic E-state index is 13.9. The van der Waals surface area contributed by atoms with Crippen molar-refractivity contribution in [2.45, 2.75) is 66.0 Å². The lowest BCUT2D eigenvalue weighted by molar-refractivity contribution is -0.188. The Hall–Kier alpha value is -3.20. The summed E-state index contributed by atoms with van der Waals surface area (Å²) >= 11 is 6.12. The van der Waals surface area contributed by atoms with Gasteiger partial charge < -0.3 is 24.8 Å². The molecule has 1 amide bonds. The number of fused-ring (bicyclic) bond motifs is 2. The number of halogens is 1. The third-order valence-electron chi connectivity index (χ3n) is 8.33. The van der Waals surface area contributed by atoms with Crippen LogP contribution in [0.15, 0.2) is 54.7 Å². The van der Waals surface area contributed by atoms with E-state index in [1.54, 1.807) is 41.1 Å². The first-order valence-electron chi connectivity index (χ1n) is 14.4. The van der Waals surface area contributed by atoms with Crippen molar-refractivity contribution in [3.8, 4) is 5.75 Å². The Morgan fingerprint density at radius 2 is 1.61 bits per heavy atom. The van der Waals surface area contributed by atoms with Crippen LogP contribution in [0.25, 0.3) is 21.7 Å². The van der Waals surface area contributed by atoms with Crippen LogP contribution in [0.4, 0.5) is 0 Å². The summed E-state index contributed by atoms with van der Waals surface area (Å²) in [6.07, 6.45) is 3.71. The van der Waals surface area contributed by atoms with Crippen molar-refractivity contribution in [2.24, 2.45) is 16.6 Å². The molecule has 0 saturated heterocycles. The largest absolute Gasteiger partial charge is 0.485 e. The monoisotopic (exact) mass is 640 g/mol. The number of nitrogens with two attached hydrogens (primary N) is 1. The number of hydrogen-bond donors (Lipinski definition) is 3. The van der Waals surface area contributed by atoms with Crippen molar-refractivity contribution >= 4 is 52.8 Å². The second kappa shape index (κ2) is 11.0. The molecule has 0 aliphatic heterocycles. The van der Waals surface area contributed by atoms with Gasteiger partial charge in [-0.05, 0) is 65.4 Å².